The molecule has 1 atom stereocenters. The molecule has 0 aliphatic carbocycles. The van der Waals surface area contributed by atoms with E-state index < -0.39 is 6.10 Å². The third-order valence-electron chi connectivity index (χ3n) is 5.93. The highest BCUT2D eigenvalue weighted by atomic mass is 35.5. The summed E-state index contributed by atoms with van der Waals surface area (Å²) in [5.41, 5.74) is 6.43. The van der Waals surface area contributed by atoms with Gasteiger partial charge in [-0.15, -0.1) is 0 Å². The van der Waals surface area contributed by atoms with Crippen molar-refractivity contribution in [2.24, 2.45) is 0 Å². The number of nitrogens with one attached hydrogen (secondary N) is 2. The van der Waals surface area contributed by atoms with E-state index in [-0.39, 0.29) is 12.4 Å². The van der Waals surface area contributed by atoms with Crippen molar-refractivity contribution in [2.75, 3.05) is 13.2 Å². The molecule has 176 valence electrons. The van der Waals surface area contributed by atoms with E-state index in [1.807, 2.05) is 74.5 Å². The van der Waals surface area contributed by atoms with Crippen LogP contribution in [0.25, 0.3) is 22.0 Å². The van der Waals surface area contributed by atoms with Gasteiger partial charge in [0.2, 0.25) is 0 Å². The van der Waals surface area contributed by atoms with Crippen LogP contribution in [0.15, 0.2) is 60.7 Å². The predicted octanol–water partition coefficient (Wildman–Crippen LogP) is 5.84. The third kappa shape index (κ3) is 5.17. The molecule has 0 saturated carbocycles. The van der Waals surface area contributed by atoms with E-state index in [9.17, 15) is 9.90 Å². The quantitative estimate of drug-likeness (QED) is 0.265. The summed E-state index contributed by atoms with van der Waals surface area (Å²) in [7, 11) is 0. The van der Waals surface area contributed by atoms with Crippen molar-refractivity contribution in [2.45, 2.75) is 33.4 Å². The summed E-state index contributed by atoms with van der Waals surface area (Å²) < 4.78 is 6.15. The molecule has 3 N–H and O–H groups in total. The van der Waals surface area contributed by atoms with Gasteiger partial charge >= 0.3 is 0 Å². The van der Waals surface area contributed by atoms with E-state index in [1.54, 1.807) is 6.92 Å². The van der Waals surface area contributed by atoms with Crippen LogP contribution >= 0.6 is 11.6 Å². The van der Waals surface area contributed by atoms with Crippen LogP contribution in [-0.2, 0) is 6.54 Å². The molecule has 0 amide bonds. The lowest BCUT2D eigenvalue weighted by Crippen LogP contribution is -2.31. The molecule has 0 aliphatic heterocycles. The number of aliphatic hydroxyl groups is 1. The van der Waals surface area contributed by atoms with Gasteiger partial charge in [0, 0.05) is 45.8 Å². The van der Waals surface area contributed by atoms with Crippen molar-refractivity contribution in [3.63, 3.8) is 0 Å². The van der Waals surface area contributed by atoms with Crippen LogP contribution in [0.1, 0.15) is 34.1 Å². The number of aromatic nitrogens is 1. The zero-order chi connectivity index (χ0) is 24.2. The molecule has 34 heavy (non-hydrogen) atoms. The lowest BCUT2D eigenvalue weighted by Gasteiger charge is -2.18. The Bertz CT molecular complexity index is 1310. The van der Waals surface area contributed by atoms with Gasteiger partial charge in [0.1, 0.15) is 18.5 Å². The van der Waals surface area contributed by atoms with Gasteiger partial charge in [0.05, 0.1) is 0 Å². The van der Waals surface area contributed by atoms with E-state index in [1.165, 1.54) is 0 Å². The van der Waals surface area contributed by atoms with Crippen LogP contribution in [0, 0.1) is 13.8 Å². The summed E-state index contributed by atoms with van der Waals surface area (Å²) in [6, 6.07) is 19.5. The first kappa shape index (κ1) is 24.0. The highest BCUT2D eigenvalue weighted by Gasteiger charge is 2.21. The number of H-pyrrole nitrogens is 1. The van der Waals surface area contributed by atoms with Crippen LogP contribution in [0.5, 0.6) is 5.75 Å². The fourth-order valence-electron chi connectivity index (χ4n) is 4.31. The topological polar surface area (TPSA) is 74.4 Å². The van der Waals surface area contributed by atoms with Crippen LogP contribution in [0.2, 0.25) is 5.02 Å². The fourth-order valence-corrected chi connectivity index (χ4v) is 4.44. The van der Waals surface area contributed by atoms with Crippen molar-refractivity contribution in [3.8, 4) is 16.9 Å². The monoisotopic (exact) mass is 476 g/mol. The number of ether oxygens (including phenoxy) is 1. The second-order valence-corrected chi connectivity index (χ2v) is 9.02. The van der Waals surface area contributed by atoms with Gasteiger partial charge in [-0.3, -0.25) is 4.79 Å². The van der Waals surface area contributed by atoms with Gasteiger partial charge in [-0.2, -0.15) is 0 Å². The van der Waals surface area contributed by atoms with Crippen LogP contribution in [-0.4, -0.2) is 35.1 Å². The number of aliphatic hydroxyl groups excluding tert-OH is 1. The van der Waals surface area contributed by atoms with E-state index in [0.717, 1.165) is 38.9 Å². The summed E-state index contributed by atoms with van der Waals surface area (Å²) >= 11 is 5.93. The molecule has 0 radical (unpaired) electrons. The number of ketones is 1. The summed E-state index contributed by atoms with van der Waals surface area (Å²) in [5, 5.41) is 15.3. The van der Waals surface area contributed by atoms with Crippen LogP contribution in [0.3, 0.4) is 0 Å². The Kier molecular flexibility index (Phi) is 7.37. The fraction of sp³-hybridized carbons (Fsp3) is 0.250. The van der Waals surface area contributed by atoms with Crippen molar-refractivity contribution in [1.82, 2.24) is 10.3 Å². The summed E-state index contributed by atoms with van der Waals surface area (Å²) in [5.74, 6) is 0.641. The van der Waals surface area contributed by atoms with Gasteiger partial charge in [-0.25, -0.2) is 0 Å². The molecular formula is C28H29ClN2O3. The normalized spacial score (nSPS) is 12.1. The number of carbonyl (C=O) groups excluding carboxylic acids is 1. The smallest absolute Gasteiger partial charge is 0.162 e. The number of Topliss-reactive ketones (excluding diaryl/α,β-unsaturated/α-hetero) is 1. The molecular weight excluding hydrogens is 448 g/mol. The van der Waals surface area contributed by atoms with E-state index in [0.29, 0.717) is 29.4 Å². The Morgan fingerprint density at radius 1 is 1.09 bits per heavy atom. The molecule has 4 aromatic rings. The van der Waals surface area contributed by atoms with Gasteiger partial charge in [0.25, 0.3) is 0 Å². The van der Waals surface area contributed by atoms with Crippen molar-refractivity contribution >= 4 is 28.3 Å². The molecule has 0 aliphatic rings. The lowest BCUT2D eigenvalue weighted by atomic mass is 9.93. The SMILES string of the molecule is CC(=O)c1c(C)[nH]c2ccc(OCC(O)CNCc3ccc(Cl)cc3)c(-c3ccccc3C)c12. The standard InChI is InChI=1S/C28H29ClN2O3/c1-17-6-4-5-7-23(17)27-25(13-12-24-28(27)26(19(3)32)18(2)31-24)34-16-22(33)15-30-14-20-8-10-21(29)11-9-20/h4-13,22,30-31,33H,14-16H2,1-3H3. The average Bonchev–Trinajstić information content (AvgIpc) is 3.15. The number of hydrogen-bond acceptors (Lipinski definition) is 4. The maximum absolute atomic E-state index is 12.5. The summed E-state index contributed by atoms with van der Waals surface area (Å²) in [6.07, 6.45) is -0.701. The maximum atomic E-state index is 12.5. The predicted molar refractivity (Wildman–Crippen MR) is 138 cm³/mol. The molecule has 0 fully saturated rings. The number of halogens is 1. The molecule has 0 saturated heterocycles. The molecule has 6 heteroatoms. The highest BCUT2D eigenvalue weighted by molar-refractivity contribution is 6.30. The van der Waals surface area contributed by atoms with Crippen LogP contribution in [0.4, 0.5) is 0 Å². The molecule has 5 nitrogen and oxygen atoms in total. The molecule has 1 aromatic heterocycles. The molecule has 0 spiro atoms. The first-order valence-corrected chi connectivity index (χ1v) is 11.7. The Morgan fingerprint density at radius 2 is 1.82 bits per heavy atom. The number of benzene rings is 3. The number of hydrogen-bond donors (Lipinski definition) is 3. The Morgan fingerprint density at radius 3 is 2.53 bits per heavy atom. The third-order valence-corrected chi connectivity index (χ3v) is 6.19. The van der Waals surface area contributed by atoms with E-state index in [4.69, 9.17) is 16.3 Å². The second-order valence-electron chi connectivity index (χ2n) is 8.58. The number of aromatic amines is 1. The number of rotatable bonds is 9. The summed E-state index contributed by atoms with van der Waals surface area (Å²) in [4.78, 5) is 15.9. The molecule has 0 bridgehead atoms. The van der Waals surface area contributed by atoms with E-state index in [2.05, 4.69) is 10.3 Å². The molecule has 1 heterocycles. The van der Waals surface area contributed by atoms with Crippen molar-refractivity contribution in [3.05, 3.63) is 88.1 Å². The van der Waals surface area contributed by atoms with Gasteiger partial charge in [-0.05, 0) is 61.7 Å². The number of fused-ring (bicyclic) bond motifs is 1. The maximum Gasteiger partial charge on any atom is 0.162 e. The Balaban J connectivity index is 1.58. The van der Waals surface area contributed by atoms with Crippen LogP contribution < -0.4 is 10.1 Å². The average molecular weight is 477 g/mol. The zero-order valence-electron chi connectivity index (χ0n) is 19.6. The minimum Gasteiger partial charge on any atom is -0.490 e. The number of aryl methyl sites for hydroxylation is 2. The first-order valence-electron chi connectivity index (χ1n) is 11.3. The molecule has 4 rings (SSSR count). The van der Waals surface area contributed by atoms with Crippen molar-refractivity contribution in [1.29, 1.82) is 0 Å². The highest BCUT2D eigenvalue weighted by Crippen LogP contribution is 2.41. The second kappa shape index (κ2) is 10.4. The minimum absolute atomic E-state index is 0.00201. The largest absolute Gasteiger partial charge is 0.490 e. The minimum atomic E-state index is -0.701. The Labute approximate surface area is 204 Å². The first-order chi connectivity index (χ1) is 16.3. The van der Waals surface area contributed by atoms with Gasteiger partial charge in [0.15, 0.2) is 5.78 Å². The lowest BCUT2D eigenvalue weighted by molar-refractivity contribution is 0.101. The Hall–Kier alpha value is -3.12. The van der Waals surface area contributed by atoms with E-state index >= 15 is 0 Å². The zero-order valence-corrected chi connectivity index (χ0v) is 20.4. The van der Waals surface area contributed by atoms with Crippen molar-refractivity contribution < 1.29 is 14.6 Å². The number of carbonyl (C=O) groups is 1. The molecule has 1 unspecified atom stereocenters. The van der Waals surface area contributed by atoms with Gasteiger partial charge in [-0.1, -0.05) is 48.0 Å². The summed E-state index contributed by atoms with van der Waals surface area (Å²) in [6.45, 7) is 6.67. The molecule has 3 aromatic carbocycles. The van der Waals surface area contributed by atoms with Gasteiger partial charge < -0.3 is 20.1 Å².